The number of hydrogen-bond donors (Lipinski definition) is 2. The molecule has 0 aliphatic rings. The third-order valence-electron chi connectivity index (χ3n) is 1.86. The Kier molecular flexibility index (Phi) is 3.89. The average molecular weight is 242 g/mol. The van der Waals surface area contributed by atoms with E-state index >= 15 is 0 Å². The fraction of sp³-hybridized carbons (Fsp3) is 0.300. The van der Waals surface area contributed by atoms with Crippen LogP contribution in [0.1, 0.15) is 12.5 Å². The summed E-state index contributed by atoms with van der Waals surface area (Å²) in [6.07, 6.45) is 0. The Morgan fingerprint density at radius 2 is 2.06 bits per heavy atom. The van der Waals surface area contributed by atoms with Crippen LogP contribution in [0.4, 0.5) is 4.79 Å². The number of amides is 2. The molecule has 0 fully saturated rings. The maximum Gasteiger partial charge on any atom is 0.328 e. The summed E-state index contributed by atoms with van der Waals surface area (Å²) in [6, 6.07) is 5.63. The fourth-order valence-electron chi connectivity index (χ4n) is 1.16. The highest BCUT2D eigenvalue weighted by atomic mass is 32.2. The fourth-order valence-corrected chi connectivity index (χ4v) is 2.19. The minimum Gasteiger partial charge on any atom is -0.338 e. The van der Waals surface area contributed by atoms with Gasteiger partial charge in [0.2, 0.25) is 0 Å². The number of aryl methyl sites for hydroxylation is 1. The number of nitrogens with one attached hydrogen (secondary N) is 2. The van der Waals surface area contributed by atoms with Gasteiger partial charge < -0.3 is 5.32 Å². The molecule has 16 heavy (non-hydrogen) atoms. The van der Waals surface area contributed by atoms with Crippen molar-refractivity contribution in [1.29, 1.82) is 0 Å². The summed E-state index contributed by atoms with van der Waals surface area (Å²) in [6.45, 7) is 3.86. The van der Waals surface area contributed by atoms with Gasteiger partial charge in [-0.2, -0.15) is 0 Å². The molecule has 0 aliphatic carbocycles. The molecule has 0 unspecified atom stereocenters. The standard InChI is InChI=1S/C10H14N2O3S/c1-3-11-10(13)12-16(14,15)9-6-4-5-8(2)7-9/h4-7H,3H2,1-2H3,(H2,11,12,13). The molecule has 5 nitrogen and oxygen atoms in total. The molecule has 2 amide bonds. The van der Waals surface area contributed by atoms with Gasteiger partial charge in [-0.05, 0) is 31.5 Å². The minimum atomic E-state index is -3.77. The first-order chi connectivity index (χ1) is 7.45. The van der Waals surface area contributed by atoms with Gasteiger partial charge in [0, 0.05) is 6.54 Å². The van der Waals surface area contributed by atoms with E-state index in [4.69, 9.17) is 0 Å². The van der Waals surface area contributed by atoms with Gasteiger partial charge in [0.15, 0.2) is 0 Å². The first-order valence-electron chi connectivity index (χ1n) is 4.83. The van der Waals surface area contributed by atoms with E-state index in [0.29, 0.717) is 6.54 Å². The maximum atomic E-state index is 11.7. The molecule has 0 aromatic heterocycles. The summed E-state index contributed by atoms with van der Waals surface area (Å²) < 4.78 is 25.3. The van der Waals surface area contributed by atoms with Crippen LogP contribution in [-0.2, 0) is 10.0 Å². The third kappa shape index (κ3) is 3.23. The Bertz CT molecular complexity index is 483. The van der Waals surface area contributed by atoms with Crippen LogP contribution in [0.25, 0.3) is 0 Å². The van der Waals surface area contributed by atoms with Crippen molar-refractivity contribution in [3.05, 3.63) is 29.8 Å². The van der Waals surface area contributed by atoms with E-state index in [-0.39, 0.29) is 4.90 Å². The predicted molar refractivity (Wildman–Crippen MR) is 60.6 cm³/mol. The molecule has 1 rings (SSSR count). The van der Waals surface area contributed by atoms with E-state index in [1.54, 1.807) is 26.0 Å². The third-order valence-corrected chi connectivity index (χ3v) is 3.19. The number of hydrogen-bond acceptors (Lipinski definition) is 3. The van der Waals surface area contributed by atoms with Crippen LogP contribution >= 0.6 is 0 Å². The monoisotopic (exact) mass is 242 g/mol. The lowest BCUT2D eigenvalue weighted by atomic mass is 10.2. The van der Waals surface area contributed by atoms with Crippen molar-refractivity contribution in [1.82, 2.24) is 10.0 Å². The second-order valence-corrected chi connectivity index (χ2v) is 4.96. The summed E-state index contributed by atoms with van der Waals surface area (Å²) in [5.41, 5.74) is 0.818. The van der Waals surface area contributed by atoms with Crippen LogP contribution in [0.2, 0.25) is 0 Å². The van der Waals surface area contributed by atoms with Crippen LogP contribution < -0.4 is 10.0 Å². The second-order valence-electron chi connectivity index (χ2n) is 3.28. The van der Waals surface area contributed by atoms with Crippen LogP contribution in [0.3, 0.4) is 0 Å². The van der Waals surface area contributed by atoms with E-state index in [1.165, 1.54) is 12.1 Å². The molecule has 0 spiro atoms. The van der Waals surface area contributed by atoms with Gasteiger partial charge in [-0.1, -0.05) is 12.1 Å². The Balaban J connectivity index is 2.90. The highest BCUT2D eigenvalue weighted by Gasteiger charge is 2.16. The zero-order valence-corrected chi connectivity index (χ0v) is 9.97. The molecule has 2 N–H and O–H groups in total. The number of rotatable bonds is 3. The van der Waals surface area contributed by atoms with Gasteiger partial charge in [-0.3, -0.25) is 0 Å². The van der Waals surface area contributed by atoms with Crippen LogP contribution in [-0.4, -0.2) is 21.0 Å². The van der Waals surface area contributed by atoms with Crippen molar-refractivity contribution < 1.29 is 13.2 Å². The summed E-state index contributed by atoms with van der Waals surface area (Å²) in [7, 11) is -3.77. The van der Waals surface area contributed by atoms with E-state index in [1.807, 2.05) is 4.72 Å². The molecule has 6 heteroatoms. The molecule has 0 radical (unpaired) electrons. The average Bonchev–Trinajstić information content (AvgIpc) is 2.17. The molecule has 1 aromatic carbocycles. The lowest BCUT2D eigenvalue weighted by Crippen LogP contribution is -2.39. The SMILES string of the molecule is CCNC(=O)NS(=O)(=O)c1cccc(C)c1. The number of sulfonamides is 1. The summed E-state index contributed by atoms with van der Waals surface area (Å²) in [5, 5.41) is 2.36. The summed E-state index contributed by atoms with van der Waals surface area (Å²) >= 11 is 0. The van der Waals surface area contributed by atoms with Crippen LogP contribution in [0, 0.1) is 6.92 Å². The van der Waals surface area contributed by atoms with Crippen molar-refractivity contribution in [2.45, 2.75) is 18.7 Å². The Hall–Kier alpha value is -1.56. The summed E-state index contributed by atoms with van der Waals surface area (Å²) in [5.74, 6) is 0. The Morgan fingerprint density at radius 1 is 1.38 bits per heavy atom. The van der Waals surface area contributed by atoms with Crippen molar-refractivity contribution in [3.8, 4) is 0 Å². The second kappa shape index (κ2) is 4.98. The number of benzene rings is 1. The zero-order chi connectivity index (χ0) is 12.2. The summed E-state index contributed by atoms with van der Waals surface area (Å²) in [4.78, 5) is 11.2. The molecular formula is C10H14N2O3S. The maximum absolute atomic E-state index is 11.7. The molecular weight excluding hydrogens is 228 g/mol. The van der Waals surface area contributed by atoms with Crippen molar-refractivity contribution in [3.63, 3.8) is 0 Å². The van der Waals surface area contributed by atoms with Gasteiger partial charge in [-0.15, -0.1) is 0 Å². The van der Waals surface area contributed by atoms with Crippen LogP contribution in [0.5, 0.6) is 0 Å². The quantitative estimate of drug-likeness (QED) is 0.830. The van der Waals surface area contributed by atoms with Crippen molar-refractivity contribution in [2.75, 3.05) is 6.54 Å². The Morgan fingerprint density at radius 3 is 2.62 bits per heavy atom. The molecule has 1 aromatic rings. The highest BCUT2D eigenvalue weighted by molar-refractivity contribution is 7.90. The van der Waals surface area contributed by atoms with E-state index in [9.17, 15) is 13.2 Å². The normalized spacial score (nSPS) is 10.9. The predicted octanol–water partition coefficient (Wildman–Crippen LogP) is 1.00. The first kappa shape index (κ1) is 12.5. The number of carbonyl (C=O) groups excluding carboxylic acids is 1. The van der Waals surface area contributed by atoms with E-state index in [0.717, 1.165) is 5.56 Å². The topological polar surface area (TPSA) is 75.3 Å². The Labute approximate surface area is 94.9 Å². The van der Waals surface area contributed by atoms with Gasteiger partial charge in [0.1, 0.15) is 0 Å². The van der Waals surface area contributed by atoms with E-state index < -0.39 is 16.1 Å². The number of urea groups is 1. The lowest BCUT2D eigenvalue weighted by molar-refractivity contribution is 0.246. The zero-order valence-electron chi connectivity index (χ0n) is 9.15. The van der Waals surface area contributed by atoms with Crippen LogP contribution in [0.15, 0.2) is 29.2 Å². The van der Waals surface area contributed by atoms with Gasteiger partial charge in [0.25, 0.3) is 10.0 Å². The molecule has 0 aliphatic heterocycles. The number of carbonyl (C=O) groups is 1. The molecule has 0 atom stereocenters. The lowest BCUT2D eigenvalue weighted by Gasteiger charge is -2.07. The van der Waals surface area contributed by atoms with Crippen molar-refractivity contribution in [2.24, 2.45) is 0 Å². The molecule has 88 valence electrons. The first-order valence-corrected chi connectivity index (χ1v) is 6.31. The van der Waals surface area contributed by atoms with E-state index in [2.05, 4.69) is 5.32 Å². The molecule has 0 heterocycles. The smallest absolute Gasteiger partial charge is 0.328 e. The largest absolute Gasteiger partial charge is 0.338 e. The van der Waals surface area contributed by atoms with Gasteiger partial charge in [0.05, 0.1) is 4.90 Å². The van der Waals surface area contributed by atoms with Gasteiger partial charge >= 0.3 is 6.03 Å². The highest BCUT2D eigenvalue weighted by Crippen LogP contribution is 2.10. The molecule has 0 bridgehead atoms. The molecule has 0 saturated carbocycles. The molecule has 0 saturated heterocycles. The van der Waals surface area contributed by atoms with Crippen molar-refractivity contribution >= 4 is 16.1 Å². The minimum absolute atomic E-state index is 0.0822. The van der Waals surface area contributed by atoms with Gasteiger partial charge in [-0.25, -0.2) is 17.9 Å².